The number of amides is 1. The first-order chi connectivity index (χ1) is 20.7. The summed E-state index contributed by atoms with van der Waals surface area (Å²) in [6.07, 6.45) is 2.09. The molecule has 0 saturated carbocycles. The molecule has 1 atom stereocenters. The van der Waals surface area contributed by atoms with Gasteiger partial charge in [0.25, 0.3) is 0 Å². The van der Waals surface area contributed by atoms with E-state index in [9.17, 15) is 14.7 Å². The van der Waals surface area contributed by atoms with Crippen molar-refractivity contribution in [2.45, 2.75) is 32.1 Å². The van der Waals surface area contributed by atoms with Gasteiger partial charge in [0.15, 0.2) is 0 Å². The molecule has 1 aliphatic heterocycles. The fourth-order valence-electron chi connectivity index (χ4n) is 4.82. The molecular weight excluding hydrogens is 560 g/mol. The number of imidazole rings is 1. The van der Waals surface area contributed by atoms with E-state index in [-0.39, 0.29) is 53.0 Å². The first-order valence-electron chi connectivity index (χ1n) is 13.4. The number of nitrogens with zero attached hydrogens (tertiary/aromatic N) is 4. The number of nitrogens with two attached hydrogens (primary N) is 1. The maximum atomic E-state index is 15.5. The van der Waals surface area contributed by atoms with Gasteiger partial charge in [0, 0.05) is 30.9 Å². The smallest absolute Gasteiger partial charge is 0.335 e. The summed E-state index contributed by atoms with van der Waals surface area (Å²) in [5, 5.41) is 9.45. The largest absolute Gasteiger partial charge is 0.478 e. The summed E-state index contributed by atoms with van der Waals surface area (Å²) in [5.74, 6) is -2.35. The Bertz CT molecular complexity index is 1850. The molecular formula is C31H25F2N5O5. The highest BCUT2D eigenvalue weighted by Gasteiger charge is 2.23. The molecule has 3 N–H and O–H groups in total. The summed E-state index contributed by atoms with van der Waals surface area (Å²) < 4.78 is 43.9. The molecule has 6 rings (SSSR count). The topological polar surface area (TPSA) is 142 Å². The number of carbonyl (C=O) groups excluding carboxylic acids is 1. The van der Waals surface area contributed by atoms with Crippen molar-refractivity contribution in [3.63, 3.8) is 0 Å². The number of primary amides is 1. The van der Waals surface area contributed by atoms with Gasteiger partial charge in [-0.3, -0.25) is 9.78 Å². The Morgan fingerprint density at radius 1 is 1.05 bits per heavy atom. The second-order valence-electron chi connectivity index (χ2n) is 10.1. The number of hydrogen-bond donors (Lipinski definition) is 2. The molecule has 0 bridgehead atoms. The minimum Gasteiger partial charge on any atom is -0.478 e. The lowest BCUT2D eigenvalue weighted by atomic mass is 10.0. The number of benzene rings is 2. The van der Waals surface area contributed by atoms with E-state index >= 15 is 8.78 Å². The second kappa shape index (κ2) is 11.6. The SMILES string of the molecule is NC(=O)c1ccc(COc2cccc(-c3cc(F)c(Cc4nc5ccc(C(=O)O)cc5n4C[C@@H]4CCO4)cc3F)n2)nc1. The Labute approximate surface area is 243 Å². The number of aromatic carboxylic acids is 1. The van der Waals surface area contributed by atoms with Crippen LogP contribution in [0.3, 0.4) is 0 Å². The van der Waals surface area contributed by atoms with Crippen LogP contribution in [0, 0.1) is 11.6 Å². The summed E-state index contributed by atoms with van der Waals surface area (Å²) in [5.41, 5.74) is 7.48. The molecule has 4 heterocycles. The number of pyridine rings is 2. The molecule has 10 nitrogen and oxygen atoms in total. The first-order valence-corrected chi connectivity index (χ1v) is 13.4. The highest BCUT2D eigenvalue weighted by Crippen LogP contribution is 2.29. The summed E-state index contributed by atoms with van der Waals surface area (Å²) >= 11 is 0. The molecule has 218 valence electrons. The van der Waals surface area contributed by atoms with Crippen molar-refractivity contribution < 1.29 is 33.0 Å². The summed E-state index contributed by atoms with van der Waals surface area (Å²) in [6, 6.07) is 14.7. The molecule has 0 aliphatic carbocycles. The highest BCUT2D eigenvalue weighted by molar-refractivity contribution is 5.93. The molecule has 0 spiro atoms. The van der Waals surface area contributed by atoms with Crippen molar-refractivity contribution in [3.8, 4) is 17.1 Å². The fourth-order valence-corrected chi connectivity index (χ4v) is 4.82. The lowest BCUT2D eigenvalue weighted by Crippen LogP contribution is -2.31. The third-order valence-electron chi connectivity index (χ3n) is 7.22. The summed E-state index contributed by atoms with van der Waals surface area (Å²) in [6.45, 7) is 1.08. The number of carbonyl (C=O) groups is 2. The lowest BCUT2D eigenvalue weighted by molar-refractivity contribution is -0.0589. The minimum absolute atomic E-state index is 0.0229. The van der Waals surface area contributed by atoms with Crippen molar-refractivity contribution in [1.82, 2.24) is 19.5 Å². The van der Waals surface area contributed by atoms with Crippen LogP contribution in [0.4, 0.5) is 8.78 Å². The normalized spacial score (nSPS) is 14.4. The maximum Gasteiger partial charge on any atom is 0.335 e. The van der Waals surface area contributed by atoms with Gasteiger partial charge in [-0.25, -0.2) is 23.5 Å². The van der Waals surface area contributed by atoms with Gasteiger partial charge in [-0.15, -0.1) is 0 Å². The van der Waals surface area contributed by atoms with E-state index in [0.717, 1.165) is 18.6 Å². The molecule has 12 heteroatoms. The molecule has 2 aromatic carbocycles. The van der Waals surface area contributed by atoms with E-state index in [2.05, 4.69) is 15.0 Å². The predicted molar refractivity (Wildman–Crippen MR) is 151 cm³/mol. The number of carboxylic acids is 1. The van der Waals surface area contributed by atoms with Gasteiger partial charge in [-0.2, -0.15) is 0 Å². The average Bonchev–Trinajstić information content (AvgIpc) is 3.31. The fraction of sp³-hybridized carbons (Fsp3) is 0.194. The Balaban J connectivity index is 1.24. The quantitative estimate of drug-likeness (QED) is 0.244. The van der Waals surface area contributed by atoms with Crippen LogP contribution in [0.1, 0.15) is 44.2 Å². The van der Waals surface area contributed by atoms with E-state index < -0.39 is 23.5 Å². The van der Waals surface area contributed by atoms with Gasteiger partial charge in [-0.05, 0) is 60.5 Å². The van der Waals surface area contributed by atoms with E-state index in [0.29, 0.717) is 35.7 Å². The van der Waals surface area contributed by atoms with E-state index in [4.69, 9.17) is 15.2 Å². The summed E-state index contributed by atoms with van der Waals surface area (Å²) in [7, 11) is 0. The van der Waals surface area contributed by atoms with E-state index in [1.165, 1.54) is 24.4 Å². The third kappa shape index (κ3) is 5.90. The average molecular weight is 586 g/mol. The molecule has 0 unspecified atom stereocenters. The number of aromatic nitrogens is 4. The highest BCUT2D eigenvalue weighted by atomic mass is 19.1. The van der Waals surface area contributed by atoms with Crippen molar-refractivity contribution in [2.75, 3.05) is 6.61 Å². The van der Waals surface area contributed by atoms with Crippen LogP contribution in [0.25, 0.3) is 22.3 Å². The molecule has 1 saturated heterocycles. The Morgan fingerprint density at radius 2 is 1.86 bits per heavy atom. The van der Waals surface area contributed by atoms with Gasteiger partial charge >= 0.3 is 5.97 Å². The standard InChI is InChI=1S/C31H25F2N5O5/c32-23-13-22(25-2-1-3-29(37-25)43-16-20-6-4-18(14-35-20)30(34)39)24(33)10-19(23)12-28-36-26-7-5-17(31(40)41)11-27(26)38(28)15-21-8-9-42-21/h1-7,10-11,13-14,21H,8-9,12,15-16H2,(H2,34,39)(H,40,41)/t21-/m0/s1. The number of halogens is 2. The van der Waals surface area contributed by atoms with E-state index in [1.54, 1.807) is 30.3 Å². The second-order valence-corrected chi connectivity index (χ2v) is 10.1. The molecule has 43 heavy (non-hydrogen) atoms. The Hall–Kier alpha value is -5.23. The van der Waals surface area contributed by atoms with Crippen molar-refractivity contribution >= 4 is 22.9 Å². The van der Waals surface area contributed by atoms with Crippen molar-refractivity contribution in [1.29, 1.82) is 0 Å². The molecule has 1 aliphatic rings. The van der Waals surface area contributed by atoms with Gasteiger partial charge in [0.05, 0.1) is 46.2 Å². The van der Waals surface area contributed by atoms with Crippen LogP contribution in [0.15, 0.2) is 66.9 Å². The zero-order valence-corrected chi connectivity index (χ0v) is 22.7. The molecule has 5 aromatic rings. The van der Waals surface area contributed by atoms with Crippen molar-refractivity contribution in [3.05, 3.63) is 107 Å². The van der Waals surface area contributed by atoms with E-state index in [1.807, 2.05) is 4.57 Å². The number of fused-ring (bicyclic) bond motifs is 1. The number of hydrogen-bond acceptors (Lipinski definition) is 7. The van der Waals surface area contributed by atoms with Crippen LogP contribution < -0.4 is 10.5 Å². The first kappa shape index (κ1) is 27.9. The van der Waals surface area contributed by atoms with Gasteiger partial charge < -0.3 is 24.9 Å². The van der Waals surface area contributed by atoms with Crippen LogP contribution in [0.2, 0.25) is 0 Å². The van der Waals surface area contributed by atoms with Crippen LogP contribution in [0.5, 0.6) is 5.88 Å². The van der Waals surface area contributed by atoms with Crippen LogP contribution in [-0.4, -0.2) is 49.2 Å². The van der Waals surface area contributed by atoms with Gasteiger partial charge in [0.2, 0.25) is 11.8 Å². The van der Waals surface area contributed by atoms with Crippen molar-refractivity contribution in [2.24, 2.45) is 5.73 Å². The number of ether oxygens (including phenoxy) is 2. The molecule has 1 amide bonds. The number of rotatable bonds is 10. The molecule has 0 radical (unpaired) electrons. The monoisotopic (exact) mass is 585 g/mol. The van der Waals surface area contributed by atoms with Gasteiger partial charge in [-0.1, -0.05) is 6.07 Å². The van der Waals surface area contributed by atoms with Crippen LogP contribution >= 0.6 is 0 Å². The van der Waals surface area contributed by atoms with Crippen LogP contribution in [-0.2, 0) is 24.3 Å². The lowest BCUT2D eigenvalue weighted by Gasteiger charge is -2.27. The molecule has 3 aromatic heterocycles. The zero-order chi connectivity index (χ0) is 30.1. The zero-order valence-electron chi connectivity index (χ0n) is 22.7. The summed E-state index contributed by atoms with van der Waals surface area (Å²) in [4.78, 5) is 35.8. The Morgan fingerprint density at radius 3 is 2.56 bits per heavy atom. The van der Waals surface area contributed by atoms with Gasteiger partial charge in [0.1, 0.15) is 24.1 Å². The Kier molecular flexibility index (Phi) is 7.51. The molecule has 1 fully saturated rings. The minimum atomic E-state index is -1.07. The third-order valence-corrected chi connectivity index (χ3v) is 7.22. The predicted octanol–water partition coefficient (Wildman–Crippen LogP) is 4.53. The number of carboxylic acid groups (broad SMARTS) is 1. The maximum absolute atomic E-state index is 15.5.